The van der Waals surface area contributed by atoms with Crippen LogP contribution in [0.25, 0.3) is 0 Å². The Hall–Kier alpha value is -0.910. The highest BCUT2D eigenvalue weighted by Crippen LogP contribution is 2.13. The Balaban J connectivity index is 1.65. The van der Waals surface area contributed by atoms with Gasteiger partial charge >= 0.3 is 0 Å². The minimum atomic E-state index is 0.249. The van der Waals surface area contributed by atoms with Gasteiger partial charge in [0.15, 0.2) is 5.76 Å². The van der Waals surface area contributed by atoms with E-state index in [1.807, 2.05) is 6.07 Å². The summed E-state index contributed by atoms with van der Waals surface area (Å²) < 4.78 is 16.5. The molecule has 0 aliphatic carbocycles. The molecule has 0 saturated carbocycles. The molecular formula is C14H24N2O3. The van der Waals surface area contributed by atoms with Crippen LogP contribution in [0.3, 0.4) is 0 Å². The number of ether oxygens (including phenoxy) is 2. The minimum absolute atomic E-state index is 0.249. The molecule has 1 aromatic heterocycles. The van der Waals surface area contributed by atoms with Crippen LogP contribution in [0.1, 0.15) is 44.6 Å². The number of nitrogens with zero attached hydrogens (tertiary/aromatic N) is 1. The zero-order chi connectivity index (χ0) is 13.5. The highest BCUT2D eigenvalue weighted by Gasteiger charge is 2.14. The lowest BCUT2D eigenvalue weighted by Crippen LogP contribution is -2.24. The molecule has 1 fully saturated rings. The lowest BCUT2D eigenvalue weighted by Gasteiger charge is -2.21. The lowest BCUT2D eigenvalue weighted by molar-refractivity contribution is -0.0477. The van der Waals surface area contributed by atoms with Gasteiger partial charge in [-0.1, -0.05) is 19.0 Å². The van der Waals surface area contributed by atoms with Crippen molar-refractivity contribution in [2.75, 3.05) is 13.2 Å². The molecule has 0 spiro atoms. The fourth-order valence-corrected chi connectivity index (χ4v) is 2.05. The van der Waals surface area contributed by atoms with E-state index in [0.717, 1.165) is 31.0 Å². The van der Waals surface area contributed by atoms with Gasteiger partial charge in [-0.05, 0) is 19.3 Å². The van der Waals surface area contributed by atoms with Gasteiger partial charge in [-0.15, -0.1) is 0 Å². The van der Waals surface area contributed by atoms with Gasteiger partial charge in [0.1, 0.15) is 6.61 Å². The topological polar surface area (TPSA) is 56.5 Å². The van der Waals surface area contributed by atoms with Crippen molar-refractivity contribution in [3.05, 3.63) is 17.5 Å². The van der Waals surface area contributed by atoms with E-state index in [-0.39, 0.29) is 6.10 Å². The summed E-state index contributed by atoms with van der Waals surface area (Å²) in [5.41, 5.74) is 0.918. The number of nitrogens with one attached hydrogen (secondary N) is 1. The maximum Gasteiger partial charge on any atom is 0.162 e. The minimum Gasteiger partial charge on any atom is -0.376 e. The number of rotatable bonds is 7. The Bertz CT molecular complexity index is 359. The summed E-state index contributed by atoms with van der Waals surface area (Å²) in [5.74, 6) is 0.774. The first-order chi connectivity index (χ1) is 9.24. The van der Waals surface area contributed by atoms with Gasteiger partial charge in [0.05, 0.1) is 18.4 Å². The van der Waals surface area contributed by atoms with Crippen LogP contribution in [0.4, 0.5) is 0 Å². The second-order valence-electron chi connectivity index (χ2n) is 5.32. The van der Waals surface area contributed by atoms with E-state index in [0.29, 0.717) is 19.3 Å². The fourth-order valence-electron chi connectivity index (χ4n) is 2.05. The van der Waals surface area contributed by atoms with Gasteiger partial charge in [0.2, 0.25) is 0 Å². The van der Waals surface area contributed by atoms with Gasteiger partial charge < -0.3 is 19.3 Å². The van der Waals surface area contributed by atoms with Crippen LogP contribution in [0.2, 0.25) is 0 Å². The Labute approximate surface area is 114 Å². The molecule has 1 N–H and O–H groups in total. The largest absolute Gasteiger partial charge is 0.376 e. The molecule has 5 nitrogen and oxygen atoms in total. The summed E-state index contributed by atoms with van der Waals surface area (Å²) in [6.45, 7) is 6.91. The maximum atomic E-state index is 5.62. The van der Waals surface area contributed by atoms with Crippen molar-refractivity contribution >= 4 is 0 Å². The zero-order valence-corrected chi connectivity index (χ0v) is 11.9. The molecule has 0 amide bonds. The van der Waals surface area contributed by atoms with Crippen LogP contribution >= 0.6 is 0 Å². The first-order valence-electron chi connectivity index (χ1n) is 7.11. The Morgan fingerprint density at radius 2 is 2.37 bits per heavy atom. The van der Waals surface area contributed by atoms with E-state index < -0.39 is 0 Å². The molecule has 1 aromatic rings. The third-order valence-corrected chi connectivity index (χ3v) is 3.12. The van der Waals surface area contributed by atoms with Crippen molar-refractivity contribution in [3.8, 4) is 0 Å². The number of hydrogen-bond donors (Lipinski definition) is 1. The molecule has 2 rings (SSSR count). The number of hydrogen-bond acceptors (Lipinski definition) is 5. The van der Waals surface area contributed by atoms with Crippen molar-refractivity contribution < 1.29 is 14.0 Å². The normalized spacial score (nSPS) is 20.1. The van der Waals surface area contributed by atoms with Crippen LogP contribution in [0.5, 0.6) is 0 Å². The van der Waals surface area contributed by atoms with E-state index in [4.69, 9.17) is 14.0 Å². The average Bonchev–Trinajstić information content (AvgIpc) is 2.86. The third kappa shape index (κ3) is 5.30. The van der Waals surface area contributed by atoms with E-state index >= 15 is 0 Å². The molecule has 19 heavy (non-hydrogen) atoms. The molecule has 0 aromatic carbocycles. The van der Waals surface area contributed by atoms with Gasteiger partial charge in [0, 0.05) is 25.3 Å². The monoisotopic (exact) mass is 268 g/mol. The van der Waals surface area contributed by atoms with E-state index in [1.54, 1.807) is 0 Å². The summed E-state index contributed by atoms with van der Waals surface area (Å²) in [6.07, 6.45) is 3.75. The van der Waals surface area contributed by atoms with Crippen molar-refractivity contribution in [1.29, 1.82) is 0 Å². The molecule has 0 radical (unpaired) electrons. The van der Waals surface area contributed by atoms with Crippen molar-refractivity contribution in [3.63, 3.8) is 0 Å². The Morgan fingerprint density at radius 1 is 1.47 bits per heavy atom. The summed E-state index contributed by atoms with van der Waals surface area (Å²) >= 11 is 0. The summed E-state index contributed by atoms with van der Waals surface area (Å²) in [7, 11) is 0. The Morgan fingerprint density at radius 3 is 3.11 bits per heavy atom. The third-order valence-electron chi connectivity index (χ3n) is 3.12. The zero-order valence-electron chi connectivity index (χ0n) is 11.9. The lowest BCUT2D eigenvalue weighted by atomic mass is 10.1. The van der Waals surface area contributed by atoms with Gasteiger partial charge in [0.25, 0.3) is 0 Å². The SMILES string of the molecule is CC(C)NCc1cc(COCC2CCCCO2)on1. The van der Waals surface area contributed by atoms with Gasteiger partial charge in [-0.2, -0.15) is 0 Å². The molecule has 108 valence electrons. The molecule has 1 aliphatic heterocycles. The summed E-state index contributed by atoms with van der Waals surface area (Å²) in [6, 6.07) is 2.39. The smallest absolute Gasteiger partial charge is 0.162 e. The molecule has 1 unspecified atom stereocenters. The van der Waals surface area contributed by atoms with Crippen molar-refractivity contribution in [2.24, 2.45) is 0 Å². The van der Waals surface area contributed by atoms with Crippen LogP contribution in [-0.4, -0.2) is 30.5 Å². The standard InChI is InChI=1S/C14H24N2O3/c1-11(2)15-8-12-7-14(19-16-12)10-17-9-13-5-3-4-6-18-13/h7,11,13,15H,3-6,8-10H2,1-2H3. The van der Waals surface area contributed by atoms with Crippen molar-refractivity contribution in [1.82, 2.24) is 10.5 Å². The van der Waals surface area contributed by atoms with E-state index in [1.165, 1.54) is 12.8 Å². The molecule has 1 aliphatic rings. The van der Waals surface area contributed by atoms with Crippen molar-refractivity contribution in [2.45, 2.75) is 58.4 Å². The second-order valence-corrected chi connectivity index (χ2v) is 5.32. The summed E-state index contributed by atoms with van der Waals surface area (Å²) in [5, 5.41) is 7.30. The molecule has 2 heterocycles. The predicted octanol–water partition coefficient (Wildman–Crippen LogP) is 2.26. The van der Waals surface area contributed by atoms with Gasteiger partial charge in [-0.3, -0.25) is 0 Å². The molecule has 1 saturated heterocycles. The Kier molecular flexibility index (Phi) is 5.82. The summed E-state index contributed by atoms with van der Waals surface area (Å²) in [4.78, 5) is 0. The molecule has 5 heteroatoms. The average molecular weight is 268 g/mol. The van der Waals surface area contributed by atoms with Crippen LogP contribution in [-0.2, 0) is 22.6 Å². The molecule has 1 atom stereocenters. The highest BCUT2D eigenvalue weighted by molar-refractivity contribution is 5.04. The van der Waals surface area contributed by atoms with Gasteiger partial charge in [-0.25, -0.2) is 0 Å². The number of aromatic nitrogens is 1. The fraction of sp³-hybridized carbons (Fsp3) is 0.786. The quantitative estimate of drug-likeness (QED) is 0.822. The molecular weight excluding hydrogens is 244 g/mol. The maximum absolute atomic E-state index is 5.62. The van der Waals surface area contributed by atoms with Crippen LogP contribution in [0.15, 0.2) is 10.6 Å². The highest BCUT2D eigenvalue weighted by atomic mass is 16.5. The van der Waals surface area contributed by atoms with E-state index in [2.05, 4.69) is 24.3 Å². The second kappa shape index (κ2) is 7.62. The molecule has 0 bridgehead atoms. The first-order valence-corrected chi connectivity index (χ1v) is 7.11. The van der Waals surface area contributed by atoms with Crippen LogP contribution in [0, 0.1) is 0 Å². The van der Waals surface area contributed by atoms with E-state index in [9.17, 15) is 0 Å². The van der Waals surface area contributed by atoms with Crippen LogP contribution < -0.4 is 5.32 Å². The first kappa shape index (κ1) is 14.5. The predicted molar refractivity (Wildman–Crippen MR) is 71.7 cm³/mol.